The second-order valence-corrected chi connectivity index (χ2v) is 7.47. The molecule has 0 aromatic heterocycles. The Morgan fingerprint density at radius 3 is 2.53 bits per heavy atom. The lowest BCUT2D eigenvalue weighted by atomic mass is 10.0. The van der Waals surface area contributed by atoms with E-state index in [1.807, 2.05) is 20.8 Å². The van der Waals surface area contributed by atoms with Crippen LogP contribution in [0.3, 0.4) is 0 Å². The number of primary amides is 1. The molecule has 3 N–H and O–H groups in total. The maximum atomic E-state index is 12.2. The third kappa shape index (κ3) is 3.93. The fourth-order valence-corrected chi connectivity index (χ4v) is 4.09. The van der Waals surface area contributed by atoms with Crippen LogP contribution in [-0.4, -0.2) is 50.1 Å². The second-order valence-electron chi connectivity index (χ2n) is 5.55. The van der Waals surface area contributed by atoms with Crippen LogP contribution in [0.15, 0.2) is 0 Å². The van der Waals surface area contributed by atoms with Crippen molar-refractivity contribution in [3.05, 3.63) is 0 Å². The number of hydrogen-bond acceptors (Lipinski definition) is 4. The van der Waals surface area contributed by atoms with E-state index in [4.69, 9.17) is 5.73 Å². The van der Waals surface area contributed by atoms with E-state index in [0.717, 1.165) is 0 Å². The molecule has 0 spiro atoms. The Kier molecular flexibility index (Phi) is 4.16. The van der Waals surface area contributed by atoms with Gasteiger partial charge in [0, 0.05) is 19.6 Å². The van der Waals surface area contributed by atoms with Gasteiger partial charge in [-0.25, -0.2) is 8.42 Å². The van der Waals surface area contributed by atoms with Crippen LogP contribution >= 0.6 is 0 Å². The zero-order chi connectivity index (χ0) is 13.3. The fourth-order valence-electron chi connectivity index (χ4n) is 1.89. The highest BCUT2D eigenvalue weighted by atomic mass is 32.2. The maximum Gasteiger partial charge on any atom is 0.237 e. The predicted octanol–water partition coefficient (Wildman–Crippen LogP) is -0.879. The first-order valence-electron chi connectivity index (χ1n) is 5.63. The molecular formula is C10H21N3O3S. The number of nitrogens with zero attached hydrogens (tertiary/aromatic N) is 1. The van der Waals surface area contributed by atoms with Gasteiger partial charge in [0.25, 0.3) is 0 Å². The normalized spacial score (nSPS) is 23.6. The highest BCUT2D eigenvalue weighted by Gasteiger charge is 2.37. The highest BCUT2D eigenvalue weighted by Crippen LogP contribution is 2.20. The first-order chi connectivity index (χ1) is 7.63. The smallest absolute Gasteiger partial charge is 0.237 e. The van der Waals surface area contributed by atoms with E-state index in [0.29, 0.717) is 19.6 Å². The average molecular weight is 263 g/mol. The van der Waals surface area contributed by atoms with Gasteiger partial charge >= 0.3 is 0 Å². The topological polar surface area (TPSA) is 92.5 Å². The largest absolute Gasteiger partial charge is 0.368 e. The molecule has 1 unspecified atom stereocenters. The third-order valence-electron chi connectivity index (χ3n) is 2.50. The van der Waals surface area contributed by atoms with Gasteiger partial charge in [-0.2, -0.15) is 4.31 Å². The quantitative estimate of drug-likeness (QED) is 0.691. The van der Waals surface area contributed by atoms with Crippen molar-refractivity contribution in [1.29, 1.82) is 0 Å². The molecule has 7 heteroatoms. The first-order valence-corrected chi connectivity index (χ1v) is 7.24. The van der Waals surface area contributed by atoms with Gasteiger partial charge in [-0.05, 0) is 5.41 Å². The number of carbonyl (C=O) groups is 1. The molecule has 0 saturated carbocycles. The van der Waals surface area contributed by atoms with Crippen molar-refractivity contribution < 1.29 is 13.2 Å². The molecule has 1 heterocycles. The Morgan fingerprint density at radius 2 is 2.06 bits per heavy atom. The number of sulfonamides is 1. The molecule has 1 saturated heterocycles. The van der Waals surface area contributed by atoms with Crippen LogP contribution in [-0.2, 0) is 14.8 Å². The molecule has 0 aromatic carbocycles. The van der Waals surface area contributed by atoms with Gasteiger partial charge in [-0.15, -0.1) is 0 Å². The van der Waals surface area contributed by atoms with Gasteiger partial charge in [0.15, 0.2) is 0 Å². The number of piperazine rings is 1. The SMILES string of the molecule is CC(C)(C)CS(=O)(=O)N1CCNCC1C(N)=O. The number of nitrogens with two attached hydrogens (primary N) is 1. The van der Waals surface area contributed by atoms with E-state index < -0.39 is 22.0 Å². The lowest BCUT2D eigenvalue weighted by Crippen LogP contribution is -2.59. The lowest BCUT2D eigenvalue weighted by Gasteiger charge is -2.34. The van der Waals surface area contributed by atoms with E-state index in [1.165, 1.54) is 4.31 Å². The molecular weight excluding hydrogens is 242 g/mol. The van der Waals surface area contributed by atoms with Crippen LogP contribution in [0.25, 0.3) is 0 Å². The molecule has 1 amide bonds. The Hall–Kier alpha value is -0.660. The minimum Gasteiger partial charge on any atom is -0.368 e. The van der Waals surface area contributed by atoms with Gasteiger partial charge in [0.2, 0.25) is 15.9 Å². The standard InChI is InChI=1S/C10H21N3O3S/c1-10(2,3)7-17(15,16)13-5-4-12-6-8(13)9(11)14/h8,12H,4-7H2,1-3H3,(H2,11,14). The molecule has 6 nitrogen and oxygen atoms in total. The summed E-state index contributed by atoms with van der Waals surface area (Å²) in [4.78, 5) is 11.3. The summed E-state index contributed by atoms with van der Waals surface area (Å²) in [6.07, 6.45) is 0. The predicted molar refractivity (Wildman–Crippen MR) is 65.8 cm³/mol. The molecule has 1 aliphatic rings. The van der Waals surface area contributed by atoms with E-state index in [2.05, 4.69) is 5.32 Å². The van der Waals surface area contributed by atoms with Gasteiger partial charge in [-0.3, -0.25) is 4.79 Å². The van der Waals surface area contributed by atoms with Crippen LogP contribution in [0.4, 0.5) is 0 Å². The molecule has 100 valence electrons. The molecule has 0 aliphatic carbocycles. The summed E-state index contributed by atoms with van der Waals surface area (Å²) >= 11 is 0. The third-order valence-corrected chi connectivity index (χ3v) is 4.88. The van der Waals surface area contributed by atoms with Crippen LogP contribution in [0.2, 0.25) is 0 Å². The summed E-state index contributed by atoms with van der Waals surface area (Å²) in [5, 5.41) is 2.97. The van der Waals surface area contributed by atoms with Crippen molar-refractivity contribution in [2.24, 2.45) is 11.1 Å². The van der Waals surface area contributed by atoms with E-state index in [-0.39, 0.29) is 11.2 Å². The number of amides is 1. The minimum absolute atomic E-state index is 0.0176. The lowest BCUT2D eigenvalue weighted by molar-refractivity contribution is -0.122. The average Bonchev–Trinajstić information content (AvgIpc) is 2.14. The first kappa shape index (κ1) is 14.4. The van der Waals surface area contributed by atoms with E-state index in [9.17, 15) is 13.2 Å². The molecule has 1 fully saturated rings. The van der Waals surface area contributed by atoms with Crippen molar-refractivity contribution >= 4 is 15.9 Å². The van der Waals surface area contributed by atoms with Crippen LogP contribution < -0.4 is 11.1 Å². The Bertz CT molecular complexity index is 386. The number of carbonyl (C=O) groups excluding carboxylic acids is 1. The summed E-state index contributed by atoms with van der Waals surface area (Å²) in [7, 11) is -3.44. The summed E-state index contributed by atoms with van der Waals surface area (Å²) in [6.45, 7) is 6.70. The Morgan fingerprint density at radius 1 is 1.47 bits per heavy atom. The summed E-state index contributed by atoms with van der Waals surface area (Å²) in [5.74, 6) is -0.585. The monoisotopic (exact) mass is 263 g/mol. The van der Waals surface area contributed by atoms with E-state index >= 15 is 0 Å². The summed E-state index contributed by atoms with van der Waals surface area (Å²) in [5.41, 5.74) is 4.89. The van der Waals surface area contributed by atoms with Gasteiger partial charge in [-0.1, -0.05) is 20.8 Å². The molecule has 0 bridgehead atoms. The second kappa shape index (κ2) is 4.91. The molecule has 1 rings (SSSR count). The van der Waals surface area contributed by atoms with Crippen molar-refractivity contribution in [3.8, 4) is 0 Å². The van der Waals surface area contributed by atoms with Crippen LogP contribution in [0, 0.1) is 5.41 Å². The maximum absolute atomic E-state index is 12.2. The Balaban J connectivity index is 2.91. The van der Waals surface area contributed by atoms with E-state index in [1.54, 1.807) is 0 Å². The Labute approximate surface area is 103 Å². The van der Waals surface area contributed by atoms with Crippen molar-refractivity contribution in [3.63, 3.8) is 0 Å². The van der Waals surface area contributed by atoms with Gasteiger partial charge in [0.05, 0.1) is 5.75 Å². The number of rotatable bonds is 3. The van der Waals surface area contributed by atoms with Crippen molar-refractivity contribution in [1.82, 2.24) is 9.62 Å². The molecule has 17 heavy (non-hydrogen) atoms. The van der Waals surface area contributed by atoms with Crippen molar-refractivity contribution in [2.75, 3.05) is 25.4 Å². The molecule has 0 radical (unpaired) electrons. The van der Waals surface area contributed by atoms with Crippen LogP contribution in [0.5, 0.6) is 0 Å². The summed E-state index contributed by atoms with van der Waals surface area (Å²) in [6, 6.07) is -0.768. The number of nitrogens with one attached hydrogen (secondary N) is 1. The number of hydrogen-bond donors (Lipinski definition) is 2. The highest BCUT2D eigenvalue weighted by molar-refractivity contribution is 7.89. The fraction of sp³-hybridized carbons (Fsp3) is 0.900. The zero-order valence-electron chi connectivity index (χ0n) is 10.6. The molecule has 0 aromatic rings. The summed E-state index contributed by atoms with van der Waals surface area (Å²) < 4.78 is 25.6. The van der Waals surface area contributed by atoms with Crippen LogP contribution in [0.1, 0.15) is 20.8 Å². The molecule has 1 aliphatic heterocycles. The minimum atomic E-state index is -3.44. The molecule has 1 atom stereocenters. The van der Waals surface area contributed by atoms with Gasteiger partial charge < -0.3 is 11.1 Å². The zero-order valence-corrected chi connectivity index (χ0v) is 11.4. The van der Waals surface area contributed by atoms with Crippen molar-refractivity contribution in [2.45, 2.75) is 26.8 Å². The van der Waals surface area contributed by atoms with Gasteiger partial charge in [0.1, 0.15) is 6.04 Å².